The fraction of sp³-hybridized carbons (Fsp3) is 0.217. The summed E-state index contributed by atoms with van der Waals surface area (Å²) in [6.45, 7) is 3.85. The van der Waals surface area contributed by atoms with Crippen molar-refractivity contribution in [2.45, 2.75) is 26.7 Å². The van der Waals surface area contributed by atoms with Gasteiger partial charge < -0.3 is 4.74 Å². The van der Waals surface area contributed by atoms with Gasteiger partial charge in [0.1, 0.15) is 0 Å². The Labute approximate surface area is 161 Å². The highest BCUT2D eigenvalue weighted by atomic mass is 19.2. The molecule has 0 aliphatic heterocycles. The molecule has 0 aromatic heterocycles. The highest BCUT2D eigenvalue weighted by Gasteiger charge is 2.21. The van der Waals surface area contributed by atoms with Gasteiger partial charge in [-0.25, -0.2) is 13.2 Å². The number of halogens is 4. The molecule has 0 N–H and O–H groups in total. The first-order chi connectivity index (χ1) is 13.5. The van der Waals surface area contributed by atoms with E-state index < -0.39 is 23.3 Å². The molecule has 0 aliphatic rings. The van der Waals surface area contributed by atoms with Crippen LogP contribution in [0.2, 0.25) is 0 Å². The monoisotopic (exact) mass is 388 g/mol. The number of benzene rings is 3. The van der Waals surface area contributed by atoms with Gasteiger partial charge in [-0.2, -0.15) is 4.39 Å². The lowest BCUT2D eigenvalue weighted by molar-refractivity contribution is 0.314. The van der Waals surface area contributed by atoms with Crippen LogP contribution >= 0.6 is 0 Å². The molecular formula is C23H20F4O. The van der Waals surface area contributed by atoms with E-state index in [9.17, 15) is 17.6 Å². The third kappa shape index (κ3) is 3.75. The van der Waals surface area contributed by atoms with Crippen LogP contribution in [-0.4, -0.2) is 6.61 Å². The summed E-state index contributed by atoms with van der Waals surface area (Å²) in [6.07, 6.45) is 1.89. The maximum atomic E-state index is 14.7. The van der Waals surface area contributed by atoms with Gasteiger partial charge in [-0.15, -0.1) is 0 Å². The van der Waals surface area contributed by atoms with E-state index in [-0.39, 0.29) is 29.0 Å². The normalized spacial score (nSPS) is 10.9. The van der Waals surface area contributed by atoms with E-state index in [2.05, 4.69) is 6.92 Å². The van der Waals surface area contributed by atoms with Gasteiger partial charge in [-0.3, -0.25) is 0 Å². The minimum absolute atomic E-state index is 0.0658. The van der Waals surface area contributed by atoms with E-state index in [1.807, 2.05) is 12.1 Å². The summed E-state index contributed by atoms with van der Waals surface area (Å²) >= 11 is 0. The fourth-order valence-corrected chi connectivity index (χ4v) is 3.13. The molecule has 0 saturated heterocycles. The molecule has 28 heavy (non-hydrogen) atoms. The van der Waals surface area contributed by atoms with Crippen LogP contribution in [0.25, 0.3) is 22.3 Å². The van der Waals surface area contributed by atoms with Crippen LogP contribution < -0.4 is 4.74 Å². The van der Waals surface area contributed by atoms with Gasteiger partial charge in [0.25, 0.3) is 0 Å². The fourth-order valence-electron chi connectivity index (χ4n) is 3.13. The molecule has 3 aromatic rings. The Bertz CT molecular complexity index is 981. The average molecular weight is 388 g/mol. The van der Waals surface area contributed by atoms with Gasteiger partial charge >= 0.3 is 0 Å². The maximum absolute atomic E-state index is 14.7. The van der Waals surface area contributed by atoms with E-state index in [4.69, 9.17) is 4.74 Å². The van der Waals surface area contributed by atoms with E-state index in [0.717, 1.165) is 18.4 Å². The van der Waals surface area contributed by atoms with Crippen molar-refractivity contribution in [2.75, 3.05) is 6.61 Å². The second-order valence-corrected chi connectivity index (χ2v) is 6.41. The Morgan fingerprint density at radius 1 is 0.643 bits per heavy atom. The predicted molar refractivity (Wildman–Crippen MR) is 102 cm³/mol. The molecule has 3 rings (SSSR count). The van der Waals surface area contributed by atoms with Gasteiger partial charge in [0, 0.05) is 16.7 Å². The summed E-state index contributed by atoms with van der Waals surface area (Å²) in [6, 6.07) is 12.2. The van der Waals surface area contributed by atoms with E-state index in [0.29, 0.717) is 5.56 Å². The van der Waals surface area contributed by atoms with Gasteiger partial charge in [0.05, 0.1) is 6.61 Å². The van der Waals surface area contributed by atoms with Crippen LogP contribution in [0.15, 0.2) is 48.5 Å². The molecule has 0 saturated carbocycles. The quantitative estimate of drug-likeness (QED) is 0.416. The Hall–Kier alpha value is -2.82. The summed E-state index contributed by atoms with van der Waals surface area (Å²) in [5, 5.41) is 0. The van der Waals surface area contributed by atoms with E-state index in [1.165, 1.54) is 24.3 Å². The lowest BCUT2D eigenvalue weighted by atomic mass is 9.97. The zero-order valence-electron chi connectivity index (χ0n) is 15.7. The molecule has 5 heteroatoms. The Balaban J connectivity index is 2.02. The van der Waals surface area contributed by atoms with Crippen molar-refractivity contribution in [3.8, 4) is 28.0 Å². The van der Waals surface area contributed by atoms with Gasteiger partial charge in [0.15, 0.2) is 23.2 Å². The SMILES string of the molecule is CCCc1ccc(-c2ccc(-c3ccc(OCC)c(F)c3F)c(F)c2F)cc1. The summed E-state index contributed by atoms with van der Waals surface area (Å²) in [5.74, 6) is -5.10. The number of aryl methyl sites for hydroxylation is 1. The molecule has 146 valence electrons. The average Bonchev–Trinajstić information content (AvgIpc) is 2.69. The smallest absolute Gasteiger partial charge is 0.201 e. The second kappa shape index (κ2) is 8.46. The molecule has 0 unspecified atom stereocenters. The van der Waals surface area contributed by atoms with Crippen LogP contribution in [0.4, 0.5) is 17.6 Å². The van der Waals surface area contributed by atoms with Gasteiger partial charge in [-0.1, -0.05) is 49.7 Å². The van der Waals surface area contributed by atoms with Crippen LogP contribution in [0.1, 0.15) is 25.8 Å². The zero-order chi connectivity index (χ0) is 20.3. The third-order valence-electron chi connectivity index (χ3n) is 4.52. The first kappa shape index (κ1) is 19.9. The van der Waals surface area contributed by atoms with Crippen LogP contribution in [0, 0.1) is 23.3 Å². The van der Waals surface area contributed by atoms with E-state index >= 15 is 0 Å². The topological polar surface area (TPSA) is 9.23 Å². The van der Waals surface area contributed by atoms with Crippen molar-refractivity contribution in [1.82, 2.24) is 0 Å². The Morgan fingerprint density at radius 3 is 1.79 bits per heavy atom. The van der Waals surface area contributed by atoms with Gasteiger partial charge in [-0.05, 0) is 36.6 Å². The number of hydrogen-bond acceptors (Lipinski definition) is 1. The molecule has 0 atom stereocenters. The molecule has 0 spiro atoms. The lowest BCUT2D eigenvalue weighted by Gasteiger charge is -2.12. The van der Waals surface area contributed by atoms with Crippen LogP contribution in [0.3, 0.4) is 0 Å². The molecule has 0 amide bonds. The van der Waals surface area contributed by atoms with Crippen molar-refractivity contribution < 1.29 is 22.3 Å². The van der Waals surface area contributed by atoms with Crippen molar-refractivity contribution in [2.24, 2.45) is 0 Å². The molecule has 0 aliphatic carbocycles. The standard InChI is InChI=1S/C23H20F4O/c1-3-5-14-6-8-15(9-7-14)16-10-11-17(21(25)20(16)24)18-12-13-19(28-4-2)23(27)22(18)26/h6-13H,3-5H2,1-2H3. The largest absolute Gasteiger partial charge is 0.491 e. The Kier molecular flexibility index (Phi) is 6.02. The summed E-state index contributed by atoms with van der Waals surface area (Å²) in [7, 11) is 0. The molecule has 0 heterocycles. The summed E-state index contributed by atoms with van der Waals surface area (Å²) in [4.78, 5) is 0. The Morgan fingerprint density at radius 2 is 1.18 bits per heavy atom. The molecule has 0 radical (unpaired) electrons. The number of hydrogen-bond donors (Lipinski definition) is 0. The first-order valence-corrected chi connectivity index (χ1v) is 9.16. The number of ether oxygens (including phenoxy) is 1. The third-order valence-corrected chi connectivity index (χ3v) is 4.52. The van der Waals surface area contributed by atoms with Gasteiger partial charge in [0.2, 0.25) is 5.82 Å². The molecule has 3 aromatic carbocycles. The van der Waals surface area contributed by atoms with Crippen molar-refractivity contribution in [3.05, 3.63) is 77.4 Å². The summed E-state index contributed by atoms with van der Waals surface area (Å²) < 4.78 is 62.9. The first-order valence-electron chi connectivity index (χ1n) is 9.16. The second-order valence-electron chi connectivity index (χ2n) is 6.41. The van der Waals surface area contributed by atoms with Crippen molar-refractivity contribution in [1.29, 1.82) is 0 Å². The molecular weight excluding hydrogens is 368 g/mol. The highest BCUT2D eigenvalue weighted by Crippen LogP contribution is 2.35. The predicted octanol–water partition coefficient (Wildman–Crippen LogP) is 6.93. The van der Waals surface area contributed by atoms with E-state index in [1.54, 1.807) is 19.1 Å². The van der Waals surface area contributed by atoms with Crippen molar-refractivity contribution in [3.63, 3.8) is 0 Å². The summed E-state index contributed by atoms with van der Waals surface area (Å²) in [5.41, 5.74) is 0.985. The zero-order valence-corrected chi connectivity index (χ0v) is 15.7. The minimum atomic E-state index is -1.28. The highest BCUT2D eigenvalue weighted by molar-refractivity contribution is 5.72. The number of rotatable bonds is 6. The van der Waals surface area contributed by atoms with Crippen LogP contribution in [0.5, 0.6) is 5.75 Å². The molecule has 0 bridgehead atoms. The maximum Gasteiger partial charge on any atom is 0.201 e. The van der Waals surface area contributed by atoms with Crippen molar-refractivity contribution >= 4 is 0 Å². The minimum Gasteiger partial charge on any atom is -0.491 e. The molecule has 0 fully saturated rings. The molecule has 1 nitrogen and oxygen atoms in total. The lowest BCUT2D eigenvalue weighted by Crippen LogP contribution is -2.00. The van der Waals surface area contributed by atoms with Crippen LogP contribution in [-0.2, 0) is 6.42 Å².